The first kappa shape index (κ1) is 42.8. The standard InChI is InChI=1S/C47H51N7O7S/c55-28-37-33-19-23-53(27-29-17-21-48-22-18-29)44(33)35-26-31(13-14-36(35)51-37)30-7-5-8-32(25-30)50-41(57)12-2-1-11-40(56)49-20-3-4-24-62-39-10-6-9-34-43(39)47(61)54(46(34)60)38-15-16-42(58)52-45(38)59/h5-10,13-14,17-18,21-22,25-26,33,37-38,44,51,55H,1-4,11-12,15-16,19-20,23-24,27-28H2,(H,49,56)(H,50,57)(H,52,58,59)/t33-,37-,38?,44-/m1/s1. The van der Waals surface area contributed by atoms with Gasteiger partial charge in [0, 0.05) is 73.0 Å². The smallest absolute Gasteiger partial charge is 0.263 e. The predicted octanol–water partition coefficient (Wildman–Crippen LogP) is 5.69. The number of carbonyl (C=O) groups excluding carboxylic acids is 6. The number of hydrogen-bond donors (Lipinski definition) is 5. The van der Waals surface area contributed by atoms with Gasteiger partial charge in [-0.2, -0.15) is 0 Å². The molecule has 0 aliphatic carbocycles. The highest BCUT2D eigenvalue weighted by atomic mass is 32.2. The maximum atomic E-state index is 13.3. The lowest BCUT2D eigenvalue weighted by Crippen LogP contribution is -2.54. The van der Waals surface area contributed by atoms with Crippen molar-refractivity contribution in [2.45, 2.75) is 87.4 Å². The lowest BCUT2D eigenvalue weighted by molar-refractivity contribution is -0.136. The third kappa shape index (κ3) is 9.44. The van der Waals surface area contributed by atoms with Crippen molar-refractivity contribution in [2.75, 3.05) is 36.1 Å². The zero-order valence-electron chi connectivity index (χ0n) is 34.4. The number of unbranched alkanes of at least 4 members (excludes halogenated alkanes) is 2. The van der Waals surface area contributed by atoms with Crippen LogP contribution in [0.25, 0.3) is 11.1 Å². The topological polar surface area (TPSA) is 190 Å². The minimum absolute atomic E-state index is 0.00605. The quantitative estimate of drug-likeness (QED) is 0.0499. The van der Waals surface area contributed by atoms with E-state index in [1.807, 2.05) is 36.7 Å². The number of amides is 6. The van der Waals surface area contributed by atoms with Gasteiger partial charge in [0.05, 0.1) is 23.8 Å². The summed E-state index contributed by atoms with van der Waals surface area (Å²) in [6, 6.07) is 22.6. The number of nitrogens with one attached hydrogen (secondary N) is 4. The van der Waals surface area contributed by atoms with Crippen LogP contribution in [0.4, 0.5) is 11.4 Å². The summed E-state index contributed by atoms with van der Waals surface area (Å²) in [6.45, 7) is 2.33. The molecular formula is C47H51N7O7S. The molecule has 0 bridgehead atoms. The number of hydrogen-bond acceptors (Lipinski definition) is 11. The van der Waals surface area contributed by atoms with E-state index in [2.05, 4.69) is 61.5 Å². The molecule has 3 aromatic carbocycles. The Bertz CT molecular complexity index is 2360. The second-order valence-corrected chi connectivity index (χ2v) is 17.5. The van der Waals surface area contributed by atoms with Crippen LogP contribution in [0.3, 0.4) is 0 Å². The normalized spacial score (nSPS) is 20.6. The van der Waals surface area contributed by atoms with E-state index in [4.69, 9.17) is 0 Å². The molecule has 15 heteroatoms. The molecule has 8 rings (SSSR count). The number of aliphatic hydroxyl groups is 1. The monoisotopic (exact) mass is 857 g/mol. The van der Waals surface area contributed by atoms with Crippen LogP contribution < -0.4 is 21.3 Å². The maximum Gasteiger partial charge on any atom is 0.263 e. The lowest BCUT2D eigenvalue weighted by Gasteiger charge is -2.39. The third-order valence-corrected chi connectivity index (χ3v) is 13.4. The highest BCUT2D eigenvalue weighted by molar-refractivity contribution is 7.99. The Balaban J connectivity index is 0.753. The molecule has 4 aliphatic rings. The second kappa shape index (κ2) is 19.4. The number of aromatic nitrogens is 1. The van der Waals surface area contributed by atoms with Gasteiger partial charge in [-0.05, 0) is 122 Å². The summed E-state index contributed by atoms with van der Waals surface area (Å²) in [5.41, 5.74) is 6.77. The zero-order valence-corrected chi connectivity index (χ0v) is 35.3. The molecule has 0 saturated carbocycles. The van der Waals surface area contributed by atoms with Crippen LogP contribution in [0.5, 0.6) is 0 Å². The van der Waals surface area contributed by atoms with E-state index in [-0.39, 0.29) is 60.4 Å². The second-order valence-electron chi connectivity index (χ2n) is 16.3. The molecule has 14 nitrogen and oxygen atoms in total. The molecule has 0 spiro atoms. The fraction of sp³-hybridized carbons (Fsp3) is 0.383. The van der Waals surface area contributed by atoms with E-state index >= 15 is 0 Å². The van der Waals surface area contributed by atoms with Gasteiger partial charge < -0.3 is 21.1 Å². The molecule has 2 saturated heterocycles. The molecule has 6 amide bonds. The Morgan fingerprint density at radius 3 is 2.45 bits per heavy atom. The van der Waals surface area contributed by atoms with Gasteiger partial charge in [-0.15, -0.1) is 11.8 Å². The van der Waals surface area contributed by atoms with Gasteiger partial charge in [0.25, 0.3) is 11.8 Å². The average molecular weight is 858 g/mol. The summed E-state index contributed by atoms with van der Waals surface area (Å²) in [5, 5.41) is 22.0. The molecule has 1 aromatic heterocycles. The molecule has 5 heterocycles. The van der Waals surface area contributed by atoms with Crippen molar-refractivity contribution in [3.8, 4) is 11.1 Å². The van der Waals surface area contributed by atoms with Crippen LogP contribution in [0.2, 0.25) is 0 Å². The first-order chi connectivity index (χ1) is 30.2. The zero-order chi connectivity index (χ0) is 43.2. The van der Waals surface area contributed by atoms with Gasteiger partial charge in [-0.25, -0.2) is 0 Å². The summed E-state index contributed by atoms with van der Waals surface area (Å²) in [5.74, 6) is -1.33. The Labute approximate surface area is 364 Å². The number of rotatable bonds is 17. The van der Waals surface area contributed by atoms with Gasteiger partial charge >= 0.3 is 0 Å². The van der Waals surface area contributed by atoms with Crippen LogP contribution in [0, 0.1) is 5.92 Å². The van der Waals surface area contributed by atoms with E-state index in [9.17, 15) is 33.9 Å². The highest BCUT2D eigenvalue weighted by Gasteiger charge is 2.46. The summed E-state index contributed by atoms with van der Waals surface area (Å²) in [4.78, 5) is 84.2. The van der Waals surface area contributed by atoms with Crippen LogP contribution in [0.1, 0.15) is 95.7 Å². The number of thioether (sulfide) groups is 1. The number of benzene rings is 3. The SMILES string of the molecule is O=C(CCCCC(=O)Nc1cccc(-c2ccc3c(c2)[C@H]2[C@H](CCN2Cc2ccncc2)[C@@H](CO)N3)c1)NCCCCSc1cccc2c1C(=O)N(C1CCC(=O)NC1=O)C2=O. The number of anilines is 2. The highest BCUT2D eigenvalue weighted by Crippen LogP contribution is 2.48. The minimum atomic E-state index is -1.01. The average Bonchev–Trinajstić information content (AvgIpc) is 3.81. The van der Waals surface area contributed by atoms with Crippen LogP contribution in [-0.4, -0.2) is 92.9 Å². The summed E-state index contributed by atoms with van der Waals surface area (Å²) in [7, 11) is 0. The molecule has 5 N–H and O–H groups in total. The molecule has 2 fully saturated rings. The van der Waals surface area contributed by atoms with Gasteiger partial charge in [-0.1, -0.05) is 24.3 Å². The Kier molecular flexibility index (Phi) is 13.4. The van der Waals surface area contributed by atoms with Crippen molar-refractivity contribution in [1.29, 1.82) is 0 Å². The van der Waals surface area contributed by atoms with E-state index < -0.39 is 29.7 Å². The van der Waals surface area contributed by atoms with Crippen molar-refractivity contribution >= 4 is 58.6 Å². The van der Waals surface area contributed by atoms with Gasteiger partial charge in [0.15, 0.2) is 0 Å². The largest absolute Gasteiger partial charge is 0.394 e. The van der Waals surface area contributed by atoms with E-state index in [0.717, 1.165) is 54.1 Å². The van der Waals surface area contributed by atoms with Crippen molar-refractivity contribution in [1.82, 2.24) is 25.4 Å². The van der Waals surface area contributed by atoms with Gasteiger partial charge in [0.2, 0.25) is 23.6 Å². The first-order valence-corrected chi connectivity index (χ1v) is 22.5. The number of pyridine rings is 1. The van der Waals surface area contributed by atoms with Crippen molar-refractivity contribution in [2.24, 2.45) is 5.92 Å². The fourth-order valence-electron chi connectivity index (χ4n) is 9.14. The number of aliphatic hydroxyl groups excluding tert-OH is 1. The first-order valence-electron chi connectivity index (χ1n) is 21.5. The molecule has 4 aromatic rings. The van der Waals surface area contributed by atoms with Crippen LogP contribution in [0.15, 0.2) is 90.1 Å². The molecule has 62 heavy (non-hydrogen) atoms. The maximum absolute atomic E-state index is 13.3. The summed E-state index contributed by atoms with van der Waals surface area (Å²) in [6.07, 6.45) is 8.08. The van der Waals surface area contributed by atoms with Gasteiger partial charge in [-0.3, -0.25) is 48.9 Å². The number of fused-ring (bicyclic) bond motifs is 4. The predicted molar refractivity (Wildman–Crippen MR) is 235 cm³/mol. The number of piperidine rings is 1. The number of likely N-dealkylation sites (tertiary alicyclic amines) is 1. The molecule has 322 valence electrons. The van der Waals surface area contributed by atoms with Crippen LogP contribution in [-0.2, 0) is 25.7 Å². The number of imide groups is 2. The Hall–Kier alpha value is -5.90. The van der Waals surface area contributed by atoms with E-state index in [0.29, 0.717) is 48.6 Å². The number of carbonyl (C=O) groups is 6. The van der Waals surface area contributed by atoms with Gasteiger partial charge in [0.1, 0.15) is 6.04 Å². The fourth-order valence-corrected chi connectivity index (χ4v) is 10.2. The Morgan fingerprint density at radius 2 is 1.65 bits per heavy atom. The Morgan fingerprint density at radius 1 is 0.855 bits per heavy atom. The van der Waals surface area contributed by atoms with E-state index in [1.54, 1.807) is 18.2 Å². The third-order valence-electron chi connectivity index (χ3n) is 12.2. The molecular weight excluding hydrogens is 807 g/mol. The van der Waals surface area contributed by atoms with E-state index in [1.165, 1.54) is 22.9 Å². The van der Waals surface area contributed by atoms with Crippen molar-refractivity contribution in [3.63, 3.8) is 0 Å². The molecule has 4 aliphatic heterocycles. The minimum Gasteiger partial charge on any atom is -0.394 e. The lowest BCUT2D eigenvalue weighted by atomic mass is 9.82. The summed E-state index contributed by atoms with van der Waals surface area (Å²) >= 11 is 1.45. The van der Waals surface area contributed by atoms with Crippen molar-refractivity contribution in [3.05, 3.63) is 107 Å². The van der Waals surface area contributed by atoms with Crippen molar-refractivity contribution < 1.29 is 33.9 Å². The van der Waals surface area contributed by atoms with Crippen LogP contribution >= 0.6 is 11.8 Å². The number of nitrogens with zero attached hydrogens (tertiary/aromatic N) is 3. The molecule has 4 atom stereocenters. The molecule has 0 radical (unpaired) electrons. The summed E-state index contributed by atoms with van der Waals surface area (Å²) < 4.78 is 0. The molecule has 1 unspecified atom stereocenters.